The van der Waals surface area contributed by atoms with Crippen LogP contribution in [0.15, 0.2) is 12.4 Å². The number of methoxy groups -OCH3 is 1. The van der Waals surface area contributed by atoms with E-state index in [1.54, 1.807) is 0 Å². The molecule has 0 spiro atoms. The van der Waals surface area contributed by atoms with Crippen LogP contribution in [0.5, 0.6) is 0 Å². The lowest BCUT2D eigenvalue weighted by Gasteiger charge is -2.33. The molecule has 0 saturated carbocycles. The van der Waals surface area contributed by atoms with Crippen LogP contribution in [0.2, 0.25) is 0 Å². The molecule has 0 aliphatic carbocycles. The van der Waals surface area contributed by atoms with Crippen LogP contribution in [-0.2, 0) is 14.2 Å². The lowest BCUT2D eigenvalue weighted by molar-refractivity contribution is -0.514. The Morgan fingerprint density at radius 2 is 1.36 bits per heavy atom. The summed E-state index contributed by atoms with van der Waals surface area (Å²) in [5.74, 6) is -7.14. The Hall–Kier alpha value is -1.08. The summed E-state index contributed by atoms with van der Waals surface area (Å²) in [6.45, 7) is 6.58. The fraction of sp³-hybridized carbons (Fsp3) is 0.867. The Bertz CT molecular complexity index is 426. The van der Waals surface area contributed by atoms with Gasteiger partial charge < -0.3 is 0 Å². The summed E-state index contributed by atoms with van der Waals surface area (Å²) in [7, 11) is 0.227. The highest BCUT2D eigenvalue weighted by Crippen LogP contribution is 2.43. The second kappa shape index (κ2) is 13.2. The largest absolute Gasteiger partial charge is 0.490 e. The van der Waals surface area contributed by atoms with Crippen LogP contribution in [0.25, 0.3) is 0 Å². The van der Waals surface area contributed by atoms with Crippen molar-refractivity contribution in [2.45, 2.75) is 58.5 Å². The lowest BCUT2D eigenvalue weighted by atomic mass is 10.1. The van der Waals surface area contributed by atoms with Crippen molar-refractivity contribution in [3.8, 4) is 0 Å². The van der Waals surface area contributed by atoms with Gasteiger partial charge in [-0.05, 0) is 12.8 Å². The minimum atomic E-state index is -5.58. The fourth-order valence-corrected chi connectivity index (χ4v) is 0.747. The van der Waals surface area contributed by atoms with E-state index in [9.17, 15) is 43.9 Å². The Kier molecular flexibility index (Phi) is 14.9. The van der Waals surface area contributed by atoms with Crippen LogP contribution in [0.1, 0.15) is 34.1 Å². The van der Waals surface area contributed by atoms with Crippen LogP contribution < -0.4 is 0 Å². The normalized spacial score (nSPS) is 15.4. The third kappa shape index (κ3) is 13.2. The van der Waals surface area contributed by atoms with Gasteiger partial charge in [0.2, 0.25) is 0 Å². The third-order valence-corrected chi connectivity index (χ3v) is 2.60. The molecule has 2 unspecified atom stereocenters. The fourth-order valence-electron chi connectivity index (χ4n) is 0.747. The number of rotatable bonds is 9. The van der Waals surface area contributed by atoms with Gasteiger partial charge in [0.05, 0.1) is 13.3 Å². The summed E-state index contributed by atoms with van der Waals surface area (Å²) in [5, 5.41) is 0. The molecule has 0 rings (SSSR count). The highest BCUT2D eigenvalue weighted by molar-refractivity contribution is 4.93. The zero-order valence-corrected chi connectivity index (χ0v) is 15.9. The maximum atomic E-state index is 13.2. The van der Waals surface area contributed by atoms with Gasteiger partial charge in [-0.1, -0.05) is 26.8 Å². The van der Waals surface area contributed by atoms with Gasteiger partial charge in [0.1, 0.15) is 0 Å². The molecule has 28 heavy (non-hydrogen) atoms. The predicted octanol–water partition coefficient (Wildman–Crippen LogP) is 6.55. The van der Waals surface area contributed by atoms with Gasteiger partial charge in [-0.15, -0.1) is 8.78 Å². The first-order valence-electron chi connectivity index (χ1n) is 7.64. The average Bonchev–Trinajstić information content (AvgIpc) is 2.53. The quantitative estimate of drug-likeness (QED) is 0.300. The summed E-state index contributed by atoms with van der Waals surface area (Å²) in [6, 6.07) is 0. The molecule has 0 aliphatic heterocycles. The van der Waals surface area contributed by atoms with Crippen molar-refractivity contribution >= 4 is 0 Å². The molecule has 0 heterocycles. The van der Waals surface area contributed by atoms with Crippen molar-refractivity contribution in [2.75, 3.05) is 20.5 Å². The highest BCUT2D eigenvalue weighted by Gasteiger charge is 2.63. The molecule has 0 saturated heterocycles. The van der Waals surface area contributed by atoms with Crippen LogP contribution >= 0.6 is 0 Å². The van der Waals surface area contributed by atoms with E-state index in [4.69, 9.17) is 0 Å². The average molecular weight is 442 g/mol. The molecule has 0 radical (unpaired) electrons. The Balaban J connectivity index is -0.000000577. The second-order valence-corrected chi connectivity index (χ2v) is 5.16. The predicted molar refractivity (Wildman–Crippen MR) is 80.9 cm³/mol. The van der Waals surface area contributed by atoms with Gasteiger partial charge in [-0.3, -0.25) is 18.3 Å². The number of alkyl halides is 9. The minimum Gasteiger partial charge on any atom is -0.299 e. The molecular weight excluding hydrogens is 418 g/mol. The van der Waals surface area contributed by atoms with Crippen LogP contribution in [0.3, 0.4) is 0 Å². The topological polar surface area (TPSA) is 27.7 Å². The zero-order valence-electron chi connectivity index (χ0n) is 15.9. The number of ether oxygens (including phenoxy) is 3. The first-order chi connectivity index (χ1) is 12.4. The molecule has 172 valence electrons. The van der Waals surface area contributed by atoms with E-state index < -0.39 is 30.2 Å². The standard InChI is InChI=1S/C8H8F8O3.C5H11F.C2H5F/c1-4(9)6(11,12)18-5(2,10)7(13,14)19-8(15,16)17-3;1-3-5(2)4-6;1-2-3/h1H2,2-3H3;5H,3-4H2,1-2H3;2H2,1H3. The van der Waals surface area contributed by atoms with Crippen molar-refractivity contribution in [3.63, 3.8) is 0 Å². The first kappa shape index (κ1) is 31.6. The maximum absolute atomic E-state index is 13.2. The molecule has 0 aromatic carbocycles. The van der Waals surface area contributed by atoms with Crippen LogP contribution in [0.4, 0.5) is 43.9 Å². The molecule has 0 N–H and O–H groups in total. The van der Waals surface area contributed by atoms with E-state index in [2.05, 4.69) is 14.2 Å². The first-order valence-corrected chi connectivity index (χ1v) is 7.64. The van der Waals surface area contributed by atoms with E-state index in [0.29, 0.717) is 0 Å². The SMILES string of the molecule is C=C(F)C(F)(F)OC(C)(F)C(F)(F)OC(F)(F)OC.CCC(C)CF.CCF. The molecule has 2 atom stereocenters. The van der Waals surface area contributed by atoms with E-state index in [0.717, 1.165) is 6.42 Å². The van der Waals surface area contributed by atoms with Crippen molar-refractivity contribution in [1.82, 2.24) is 0 Å². The van der Waals surface area contributed by atoms with Crippen molar-refractivity contribution in [1.29, 1.82) is 0 Å². The van der Waals surface area contributed by atoms with Gasteiger partial charge in [0.25, 0.3) is 0 Å². The molecule has 0 fully saturated rings. The van der Waals surface area contributed by atoms with Gasteiger partial charge in [0, 0.05) is 14.0 Å². The number of hydrogen-bond donors (Lipinski definition) is 0. The summed E-state index contributed by atoms with van der Waals surface area (Å²) in [6.07, 6.45) is -14.8. The monoisotopic (exact) mass is 442 g/mol. The Morgan fingerprint density at radius 3 is 1.57 bits per heavy atom. The van der Waals surface area contributed by atoms with E-state index in [-0.39, 0.29) is 33.3 Å². The molecular formula is C15H24F10O3. The van der Waals surface area contributed by atoms with E-state index in [1.807, 2.05) is 20.4 Å². The van der Waals surface area contributed by atoms with E-state index >= 15 is 0 Å². The summed E-state index contributed by atoms with van der Waals surface area (Å²) in [4.78, 5) is 0. The molecule has 0 bridgehead atoms. The smallest absolute Gasteiger partial charge is 0.299 e. The molecule has 0 aromatic rings. The molecule has 3 nitrogen and oxygen atoms in total. The van der Waals surface area contributed by atoms with Gasteiger partial charge in [-0.25, -0.2) is 13.5 Å². The van der Waals surface area contributed by atoms with Crippen LogP contribution in [-0.4, -0.2) is 44.8 Å². The second-order valence-electron chi connectivity index (χ2n) is 5.16. The molecule has 0 aliphatic rings. The summed E-state index contributed by atoms with van der Waals surface area (Å²) in [5.41, 5.74) is 0. The summed E-state index contributed by atoms with van der Waals surface area (Å²) >= 11 is 0. The molecule has 0 amide bonds. The summed E-state index contributed by atoms with van der Waals surface area (Å²) < 4.78 is 131. The Labute approximate surface area is 156 Å². The van der Waals surface area contributed by atoms with Crippen LogP contribution in [0, 0.1) is 5.92 Å². The molecule has 0 aromatic heterocycles. The van der Waals surface area contributed by atoms with Gasteiger partial charge >= 0.3 is 24.4 Å². The van der Waals surface area contributed by atoms with Crippen molar-refractivity contribution in [3.05, 3.63) is 12.4 Å². The zero-order chi connectivity index (χ0) is 23.4. The Morgan fingerprint density at radius 1 is 0.964 bits per heavy atom. The van der Waals surface area contributed by atoms with E-state index in [1.165, 1.54) is 6.92 Å². The van der Waals surface area contributed by atoms with Crippen molar-refractivity contribution < 1.29 is 58.1 Å². The number of halogens is 10. The van der Waals surface area contributed by atoms with Gasteiger partial charge in [0.15, 0.2) is 5.83 Å². The van der Waals surface area contributed by atoms with Gasteiger partial charge in [-0.2, -0.15) is 17.6 Å². The lowest BCUT2D eigenvalue weighted by Crippen LogP contribution is -2.53. The molecule has 13 heteroatoms. The number of hydrogen-bond acceptors (Lipinski definition) is 3. The minimum absolute atomic E-state index is 0.170. The maximum Gasteiger partial charge on any atom is 0.490 e. The third-order valence-electron chi connectivity index (χ3n) is 2.60. The van der Waals surface area contributed by atoms with Crippen molar-refractivity contribution in [2.24, 2.45) is 5.92 Å². The highest BCUT2D eigenvalue weighted by atomic mass is 19.3.